The Labute approximate surface area is 210 Å². The zero-order chi connectivity index (χ0) is 24.9. The first-order chi connectivity index (χ1) is 16.9. The highest BCUT2D eigenvalue weighted by Crippen LogP contribution is 2.32. The third-order valence-electron chi connectivity index (χ3n) is 5.19. The molecule has 0 fully saturated rings. The minimum atomic E-state index is -0.706. The highest BCUT2D eigenvalue weighted by atomic mass is 35.5. The van der Waals surface area contributed by atoms with Crippen LogP contribution in [0.3, 0.4) is 0 Å². The van der Waals surface area contributed by atoms with E-state index >= 15 is 0 Å². The van der Waals surface area contributed by atoms with E-state index in [1.807, 2.05) is 6.07 Å². The Kier molecular flexibility index (Phi) is 7.47. The molecule has 0 bridgehead atoms. The Bertz CT molecular complexity index is 1280. The van der Waals surface area contributed by atoms with E-state index in [0.29, 0.717) is 44.2 Å². The number of carbonyl (C=O) groups excluding carboxylic acids is 2. The lowest BCUT2D eigenvalue weighted by atomic mass is 9.95. The highest BCUT2D eigenvalue weighted by molar-refractivity contribution is 7.99. The largest absolute Gasteiger partial charge is 0.497 e. The molecule has 0 saturated carbocycles. The van der Waals surface area contributed by atoms with E-state index in [-0.39, 0.29) is 12.4 Å². The monoisotopic (exact) mass is 514 g/mol. The number of nitrogens with two attached hydrogens (primary N) is 1. The fraction of sp³-hybridized carbons (Fsp3) is 0.217. The predicted molar refractivity (Wildman–Crippen MR) is 132 cm³/mol. The molecule has 0 radical (unpaired) electrons. The molecule has 1 aliphatic rings. The Hall–Kier alpha value is -3.70. The number of carbonyl (C=O) groups is 2. The van der Waals surface area contributed by atoms with Crippen LogP contribution in [-0.2, 0) is 9.53 Å². The molecular weight excluding hydrogens is 492 g/mol. The summed E-state index contributed by atoms with van der Waals surface area (Å²) >= 11 is 7.30. The van der Waals surface area contributed by atoms with Gasteiger partial charge in [-0.3, -0.25) is 0 Å². The molecule has 1 unspecified atom stereocenters. The van der Waals surface area contributed by atoms with Gasteiger partial charge in [0.1, 0.15) is 5.75 Å². The number of rotatable bonds is 8. The lowest BCUT2D eigenvalue weighted by molar-refractivity contribution is -0.139. The fourth-order valence-corrected chi connectivity index (χ4v) is 4.58. The molecule has 1 aliphatic heterocycles. The van der Waals surface area contributed by atoms with Crippen molar-refractivity contribution in [2.75, 3.05) is 25.3 Å². The number of halogens is 1. The minimum Gasteiger partial charge on any atom is -0.497 e. The zero-order valence-corrected chi connectivity index (χ0v) is 20.5. The van der Waals surface area contributed by atoms with Gasteiger partial charge in [0.2, 0.25) is 5.16 Å². The SMILES string of the molecule is CCOC(=O)C1=C(CSc2nnc(-c3cccc(Cl)c3)n2N)NC(=O)NC1c1ccc(OC)cc1. The quantitative estimate of drug-likeness (QED) is 0.237. The number of esters is 1. The third kappa shape index (κ3) is 5.36. The highest BCUT2D eigenvalue weighted by Gasteiger charge is 2.34. The van der Waals surface area contributed by atoms with E-state index in [1.165, 1.54) is 16.4 Å². The van der Waals surface area contributed by atoms with Gasteiger partial charge in [-0.2, -0.15) is 0 Å². The van der Waals surface area contributed by atoms with Gasteiger partial charge in [-0.25, -0.2) is 14.3 Å². The van der Waals surface area contributed by atoms with Crippen molar-refractivity contribution in [2.24, 2.45) is 0 Å². The van der Waals surface area contributed by atoms with Crippen molar-refractivity contribution in [3.63, 3.8) is 0 Å². The maximum absolute atomic E-state index is 12.9. The summed E-state index contributed by atoms with van der Waals surface area (Å²) in [4.78, 5) is 25.4. The predicted octanol–water partition coefficient (Wildman–Crippen LogP) is 3.28. The fourth-order valence-electron chi connectivity index (χ4n) is 3.56. The molecule has 3 aromatic rings. The molecule has 12 heteroatoms. The number of amides is 2. The first kappa shape index (κ1) is 24.4. The van der Waals surface area contributed by atoms with E-state index < -0.39 is 18.0 Å². The van der Waals surface area contributed by atoms with Crippen LogP contribution < -0.4 is 21.2 Å². The van der Waals surface area contributed by atoms with Crippen molar-refractivity contribution in [1.29, 1.82) is 0 Å². The van der Waals surface area contributed by atoms with Crippen LogP contribution in [0.15, 0.2) is 65.0 Å². The lowest BCUT2D eigenvalue weighted by Crippen LogP contribution is -2.46. The molecule has 2 heterocycles. The van der Waals surface area contributed by atoms with E-state index in [0.717, 1.165) is 0 Å². The number of hydrogen-bond acceptors (Lipinski definition) is 8. The summed E-state index contributed by atoms with van der Waals surface area (Å²) in [6, 6.07) is 13.0. The van der Waals surface area contributed by atoms with Crippen molar-refractivity contribution >= 4 is 35.4 Å². The Morgan fingerprint density at radius 2 is 2.00 bits per heavy atom. The number of benzene rings is 2. The first-order valence-corrected chi connectivity index (χ1v) is 12.0. The molecule has 2 amide bonds. The van der Waals surface area contributed by atoms with Gasteiger partial charge in [-0.1, -0.05) is 47.6 Å². The molecule has 1 atom stereocenters. The van der Waals surface area contributed by atoms with Crippen LogP contribution >= 0.6 is 23.4 Å². The Balaban J connectivity index is 1.65. The van der Waals surface area contributed by atoms with Crippen molar-refractivity contribution in [2.45, 2.75) is 18.1 Å². The third-order valence-corrected chi connectivity index (χ3v) is 6.40. The molecule has 1 aromatic heterocycles. The second kappa shape index (κ2) is 10.7. The number of aromatic nitrogens is 3. The maximum Gasteiger partial charge on any atom is 0.338 e. The van der Waals surface area contributed by atoms with E-state index in [1.54, 1.807) is 56.5 Å². The molecule has 0 spiro atoms. The number of nitrogen functional groups attached to an aromatic ring is 1. The Morgan fingerprint density at radius 3 is 2.69 bits per heavy atom. The number of nitrogens with zero attached hydrogens (tertiary/aromatic N) is 3. The molecule has 2 aromatic carbocycles. The van der Waals surface area contributed by atoms with Gasteiger partial charge in [-0.05, 0) is 36.8 Å². The number of ether oxygens (including phenoxy) is 2. The molecule has 4 rings (SSSR count). The molecule has 0 aliphatic carbocycles. The summed E-state index contributed by atoms with van der Waals surface area (Å²) in [6.45, 7) is 1.91. The number of nitrogens with one attached hydrogen (secondary N) is 2. The number of urea groups is 1. The van der Waals surface area contributed by atoms with Gasteiger partial charge in [-0.15, -0.1) is 10.2 Å². The van der Waals surface area contributed by atoms with Crippen LogP contribution in [0.2, 0.25) is 5.02 Å². The van der Waals surface area contributed by atoms with Crippen molar-refractivity contribution in [1.82, 2.24) is 25.5 Å². The van der Waals surface area contributed by atoms with Crippen molar-refractivity contribution < 1.29 is 19.1 Å². The standard InChI is InChI=1S/C23H23ClN6O4S/c1-3-34-21(31)18-17(26-22(32)27-19(18)13-7-9-16(33-2)10-8-13)12-35-23-29-28-20(30(23)25)14-5-4-6-15(24)11-14/h4-11,19H,3,12,25H2,1-2H3,(H2,26,27,32). The first-order valence-electron chi connectivity index (χ1n) is 10.6. The average molecular weight is 515 g/mol. The van der Waals surface area contributed by atoms with Crippen LogP contribution in [0, 0.1) is 0 Å². The van der Waals surface area contributed by atoms with Crippen LogP contribution in [0.4, 0.5) is 4.79 Å². The van der Waals surface area contributed by atoms with Crippen molar-refractivity contribution in [3.8, 4) is 17.1 Å². The summed E-state index contributed by atoms with van der Waals surface area (Å²) in [5.41, 5.74) is 2.10. The average Bonchev–Trinajstić information content (AvgIpc) is 3.22. The molecule has 10 nitrogen and oxygen atoms in total. The van der Waals surface area contributed by atoms with Crippen LogP contribution in [0.5, 0.6) is 5.75 Å². The van der Waals surface area contributed by atoms with E-state index in [4.69, 9.17) is 26.9 Å². The molecular formula is C23H23ClN6O4S. The van der Waals surface area contributed by atoms with E-state index in [2.05, 4.69) is 20.8 Å². The number of methoxy groups -OCH3 is 1. The van der Waals surface area contributed by atoms with Gasteiger partial charge in [0.15, 0.2) is 5.82 Å². The molecule has 182 valence electrons. The minimum absolute atomic E-state index is 0.187. The normalized spacial score (nSPS) is 15.4. The Morgan fingerprint density at radius 1 is 1.23 bits per heavy atom. The van der Waals surface area contributed by atoms with Gasteiger partial charge in [0, 0.05) is 22.0 Å². The van der Waals surface area contributed by atoms with Gasteiger partial charge >= 0.3 is 12.0 Å². The topological polar surface area (TPSA) is 133 Å². The second-order valence-electron chi connectivity index (χ2n) is 7.39. The lowest BCUT2D eigenvalue weighted by Gasteiger charge is -2.29. The van der Waals surface area contributed by atoms with E-state index in [9.17, 15) is 9.59 Å². The van der Waals surface area contributed by atoms with Crippen LogP contribution in [-0.4, -0.2) is 46.3 Å². The van der Waals surface area contributed by atoms with Gasteiger partial charge in [0.25, 0.3) is 0 Å². The smallest absolute Gasteiger partial charge is 0.338 e. The van der Waals surface area contributed by atoms with Crippen LogP contribution in [0.25, 0.3) is 11.4 Å². The number of hydrogen-bond donors (Lipinski definition) is 3. The summed E-state index contributed by atoms with van der Waals surface area (Å²) in [6.07, 6.45) is 0. The van der Waals surface area contributed by atoms with Crippen molar-refractivity contribution in [3.05, 3.63) is 70.4 Å². The summed E-state index contributed by atoms with van der Waals surface area (Å²) in [7, 11) is 1.56. The molecule has 4 N–H and O–H groups in total. The summed E-state index contributed by atoms with van der Waals surface area (Å²) in [5, 5.41) is 14.8. The summed E-state index contributed by atoms with van der Waals surface area (Å²) < 4.78 is 11.8. The molecule has 35 heavy (non-hydrogen) atoms. The van der Waals surface area contributed by atoms with Gasteiger partial charge in [0.05, 0.1) is 25.3 Å². The zero-order valence-electron chi connectivity index (χ0n) is 18.9. The van der Waals surface area contributed by atoms with Crippen LogP contribution in [0.1, 0.15) is 18.5 Å². The number of thioether (sulfide) groups is 1. The second-order valence-corrected chi connectivity index (χ2v) is 8.77. The molecule has 0 saturated heterocycles. The summed E-state index contributed by atoms with van der Waals surface area (Å²) in [5.74, 6) is 6.97. The maximum atomic E-state index is 12.9. The van der Waals surface area contributed by atoms with Gasteiger partial charge < -0.3 is 25.9 Å².